The molecule has 1 aromatic heterocycles. The molecule has 1 heterocycles. The normalized spacial score (nSPS) is 10.3. The molecule has 2 N–H and O–H groups in total. The third-order valence-corrected chi connectivity index (χ3v) is 3.76. The Morgan fingerprint density at radius 1 is 1.26 bits per heavy atom. The molecule has 2 rings (SSSR count). The Morgan fingerprint density at radius 2 is 1.96 bits per heavy atom. The SMILES string of the molecule is Cc1cc(NC(=O)CN(CCC(C)C)C(=O)Nc2ccc(C#N)cc2)no1. The van der Waals surface area contributed by atoms with E-state index in [0.29, 0.717) is 35.3 Å². The standard InChI is InChI=1S/C19H23N5O3/c1-13(2)8-9-24(12-18(25)22-17-10-14(3)27-23-17)19(26)21-16-6-4-15(11-20)5-7-16/h4-7,10,13H,8-9,12H2,1-3H3,(H,21,26)(H,22,23,25). The van der Waals surface area contributed by atoms with E-state index in [2.05, 4.69) is 29.6 Å². The van der Waals surface area contributed by atoms with E-state index >= 15 is 0 Å². The molecule has 0 saturated carbocycles. The topological polar surface area (TPSA) is 111 Å². The van der Waals surface area contributed by atoms with E-state index in [1.54, 1.807) is 37.3 Å². The number of aryl methyl sites for hydroxylation is 1. The van der Waals surface area contributed by atoms with Gasteiger partial charge in [-0.1, -0.05) is 19.0 Å². The number of nitriles is 1. The zero-order chi connectivity index (χ0) is 19.8. The van der Waals surface area contributed by atoms with Crippen molar-refractivity contribution in [2.75, 3.05) is 23.7 Å². The molecule has 27 heavy (non-hydrogen) atoms. The van der Waals surface area contributed by atoms with E-state index < -0.39 is 0 Å². The van der Waals surface area contributed by atoms with Gasteiger partial charge in [0.1, 0.15) is 12.3 Å². The molecular weight excluding hydrogens is 346 g/mol. The monoisotopic (exact) mass is 369 g/mol. The van der Waals surface area contributed by atoms with Gasteiger partial charge in [0, 0.05) is 18.3 Å². The van der Waals surface area contributed by atoms with Gasteiger partial charge < -0.3 is 20.1 Å². The molecule has 0 radical (unpaired) electrons. The molecule has 0 spiro atoms. The molecule has 3 amide bonds. The van der Waals surface area contributed by atoms with E-state index in [-0.39, 0.29) is 18.5 Å². The number of benzene rings is 1. The Labute approximate surface area is 158 Å². The lowest BCUT2D eigenvalue weighted by atomic mass is 10.1. The predicted molar refractivity (Wildman–Crippen MR) is 101 cm³/mol. The number of anilines is 2. The Hall–Kier alpha value is -3.34. The fourth-order valence-corrected chi connectivity index (χ4v) is 2.28. The predicted octanol–water partition coefficient (Wildman–Crippen LogP) is 3.37. The number of nitrogens with one attached hydrogen (secondary N) is 2. The first-order chi connectivity index (χ1) is 12.9. The van der Waals surface area contributed by atoms with Crippen LogP contribution in [0.15, 0.2) is 34.9 Å². The van der Waals surface area contributed by atoms with E-state index in [0.717, 1.165) is 6.42 Å². The smallest absolute Gasteiger partial charge is 0.322 e. The molecule has 0 aliphatic heterocycles. The van der Waals surface area contributed by atoms with Gasteiger partial charge in [0.05, 0.1) is 11.6 Å². The van der Waals surface area contributed by atoms with Crippen LogP contribution in [-0.2, 0) is 4.79 Å². The van der Waals surface area contributed by atoms with Gasteiger partial charge in [-0.3, -0.25) is 4.79 Å². The van der Waals surface area contributed by atoms with Crippen LogP contribution in [0.25, 0.3) is 0 Å². The zero-order valence-electron chi connectivity index (χ0n) is 15.7. The van der Waals surface area contributed by atoms with Crippen LogP contribution < -0.4 is 10.6 Å². The van der Waals surface area contributed by atoms with Gasteiger partial charge in [-0.05, 0) is 43.5 Å². The molecule has 0 unspecified atom stereocenters. The maximum absolute atomic E-state index is 12.6. The number of hydrogen-bond donors (Lipinski definition) is 2. The summed E-state index contributed by atoms with van der Waals surface area (Å²) in [7, 11) is 0. The van der Waals surface area contributed by atoms with Gasteiger partial charge in [-0.15, -0.1) is 0 Å². The van der Waals surface area contributed by atoms with Crippen LogP contribution in [0.2, 0.25) is 0 Å². The van der Waals surface area contributed by atoms with E-state index in [4.69, 9.17) is 9.78 Å². The molecule has 0 fully saturated rings. The molecule has 1 aromatic carbocycles. The summed E-state index contributed by atoms with van der Waals surface area (Å²) >= 11 is 0. The lowest BCUT2D eigenvalue weighted by Gasteiger charge is -2.23. The van der Waals surface area contributed by atoms with Gasteiger partial charge in [0.2, 0.25) is 5.91 Å². The van der Waals surface area contributed by atoms with Crippen LogP contribution in [-0.4, -0.2) is 35.1 Å². The van der Waals surface area contributed by atoms with Crippen molar-refractivity contribution < 1.29 is 14.1 Å². The second-order valence-corrected chi connectivity index (χ2v) is 6.59. The first-order valence-electron chi connectivity index (χ1n) is 8.66. The summed E-state index contributed by atoms with van der Waals surface area (Å²) in [6.45, 7) is 6.15. The lowest BCUT2D eigenvalue weighted by Crippen LogP contribution is -2.41. The minimum absolute atomic E-state index is 0.110. The number of amides is 3. The number of carbonyl (C=O) groups excluding carboxylic acids is 2. The van der Waals surface area contributed by atoms with Crippen LogP contribution in [0.4, 0.5) is 16.3 Å². The highest BCUT2D eigenvalue weighted by atomic mass is 16.5. The van der Waals surface area contributed by atoms with Crippen molar-refractivity contribution in [1.82, 2.24) is 10.1 Å². The Balaban J connectivity index is 2.01. The average Bonchev–Trinajstić information content (AvgIpc) is 3.03. The zero-order valence-corrected chi connectivity index (χ0v) is 15.7. The van der Waals surface area contributed by atoms with Crippen molar-refractivity contribution in [2.24, 2.45) is 5.92 Å². The van der Waals surface area contributed by atoms with Crippen LogP contribution in [0.3, 0.4) is 0 Å². The van der Waals surface area contributed by atoms with Gasteiger partial charge >= 0.3 is 6.03 Å². The lowest BCUT2D eigenvalue weighted by molar-refractivity contribution is -0.116. The van der Waals surface area contributed by atoms with Crippen molar-refractivity contribution in [3.05, 3.63) is 41.7 Å². The van der Waals surface area contributed by atoms with Crippen molar-refractivity contribution in [2.45, 2.75) is 27.2 Å². The first-order valence-corrected chi connectivity index (χ1v) is 8.66. The molecule has 2 aromatic rings. The number of hydrogen-bond acceptors (Lipinski definition) is 5. The van der Waals surface area contributed by atoms with E-state index in [1.165, 1.54) is 4.90 Å². The highest BCUT2D eigenvalue weighted by Crippen LogP contribution is 2.12. The van der Waals surface area contributed by atoms with Gasteiger partial charge in [0.15, 0.2) is 5.82 Å². The molecule has 0 saturated heterocycles. The molecule has 0 aliphatic carbocycles. The summed E-state index contributed by atoms with van der Waals surface area (Å²) in [4.78, 5) is 26.3. The second-order valence-electron chi connectivity index (χ2n) is 6.59. The Kier molecular flexibility index (Phi) is 6.94. The number of carbonyl (C=O) groups is 2. The Morgan fingerprint density at radius 3 is 2.52 bits per heavy atom. The second kappa shape index (κ2) is 9.38. The number of rotatable bonds is 7. The average molecular weight is 369 g/mol. The summed E-state index contributed by atoms with van der Waals surface area (Å²) in [5.41, 5.74) is 1.06. The van der Waals surface area contributed by atoms with E-state index in [9.17, 15) is 9.59 Å². The number of nitrogens with zero attached hydrogens (tertiary/aromatic N) is 3. The highest BCUT2D eigenvalue weighted by molar-refractivity contribution is 5.96. The summed E-state index contributed by atoms with van der Waals surface area (Å²) in [6.07, 6.45) is 0.761. The van der Waals surface area contributed by atoms with Gasteiger partial charge in [-0.25, -0.2) is 4.79 Å². The first kappa shape index (κ1) is 20.0. The molecule has 0 bridgehead atoms. The molecule has 0 atom stereocenters. The van der Waals surface area contributed by atoms with Crippen molar-refractivity contribution >= 4 is 23.4 Å². The Bertz CT molecular complexity index is 821. The van der Waals surface area contributed by atoms with Crippen LogP contribution in [0.5, 0.6) is 0 Å². The summed E-state index contributed by atoms with van der Waals surface area (Å²) in [5.74, 6) is 0.924. The summed E-state index contributed by atoms with van der Waals surface area (Å²) in [5, 5.41) is 17.9. The molecule has 8 heteroatoms. The van der Waals surface area contributed by atoms with Crippen LogP contribution >= 0.6 is 0 Å². The largest absolute Gasteiger partial charge is 0.360 e. The van der Waals surface area contributed by atoms with Crippen molar-refractivity contribution in [1.29, 1.82) is 5.26 Å². The third kappa shape index (κ3) is 6.47. The van der Waals surface area contributed by atoms with Gasteiger partial charge in [0.25, 0.3) is 0 Å². The summed E-state index contributed by atoms with van der Waals surface area (Å²) in [6, 6.07) is 9.78. The summed E-state index contributed by atoms with van der Waals surface area (Å²) < 4.78 is 4.91. The maximum atomic E-state index is 12.6. The quantitative estimate of drug-likeness (QED) is 0.777. The van der Waals surface area contributed by atoms with Crippen molar-refractivity contribution in [3.8, 4) is 6.07 Å². The maximum Gasteiger partial charge on any atom is 0.322 e. The minimum atomic E-state index is -0.383. The van der Waals surface area contributed by atoms with Crippen LogP contribution in [0.1, 0.15) is 31.6 Å². The molecule has 142 valence electrons. The molecular formula is C19H23N5O3. The fraction of sp³-hybridized carbons (Fsp3) is 0.368. The molecule has 8 nitrogen and oxygen atoms in total. The molecule has 0 aliphatic rings. The van der Waals surface area contributed by atoms with Crippen molar-refractivity contribution in [3.63, 3.8) is 0 Å². The number of aromatic nitrogens is 1. The minimum Gasteiger partial charge on any atom is -0.360 e. The number of urea groups is 1. The highest BCUT2D eigenvalue weighted by Gasteiger charge is 2.18. The van der Waals surface area contributed by atoms with Gasteiger partial charge in [-0.2, -0.15) is 5.26 Å². The van der Waals surface area contributed by atoms with E-state index in [1.807, 2.05) is 6.07 Å². The fourth-order valence-electron chi connectivity index (χ4n) is 2.28. The third-order valence-electron chi connectivity index (χ3n) is 3.76. The van der Waals surface area contributed by atoms with Crippen LogP contribution in [0, 0.1) is 24.2 Å².